The van der Waals surface area contributed by atoms with Crippen molar-refractivity contribution in [3.05, 3.63) is 16.9 Å². The zero-order valence-electron chi connectivity index (χ0n) is 10.8. The van der Waals surface area contributed by atoms with Crippen molar-refractivity contribution < 1.29 is 14.3 Å². The van der Waals surface area contributed by atoms with Gasteiger partial charge in [-0.3, -0.25) is 9.48 Å². The fourth-order valence-corrected chi connectivity index (χ4v) is 1.76. The van der Waals surface area contributed by atoms with E-state index in [1.165, 1.54) is 6.20 Å². The molecule has 0 spiro atoms. The largest absolute Gasteiger partial charge is 0.383 e. The van der Waals surface area contributed by atoms with Crippen LogP contribution in [0.25, 0.3) is 0 Å². The molecule has 0 fully saturated rings. The molecule has 0 aliphatic carbocycles. The van der Waals surface area contributed by atoms with Crippen LogP contribution in [0, 0.1) is 0 Å². The van der Waals surface area contributed by atoms with Crippen LogP contribution in [-0.2, 0) is 16.0 Å². The van der Waals surface area contributed by atoms with E-state index in [2.05, 4.69) is 5.10 Å². The van der Waals surface area contributed by atoms with E-state index in [0.717, 1.165) is 6.42 Å². The first kappa shape index (κ1) is 15.1. The maximum Gasteiger partial charge on any atom is 0.184 e. The van der Waals surface area contributed by atoms with Crippen molar-refractivity contribution >= 4 is 17.4 Å². The highest BCUT2D eigenvalue weighted by Crippen LogP contribution is 2.17. The molecule has 0 aromatic carbocycles. The first-order chi connectivity index (χ1) is 8.70. The van der Waals surface area contributed by atoms with E-state index in [4.69, 9.17) is 21.1 Å². The molecule has 6 heteroatoms. The molecule has 18 heavy (non-hydrogen) atoms. The van der Waals surface area contributed by atoms with Crippen molar-refractivity contribution in [2.45, 2.75) is 26.3 Å². The van der Waals surface area contributed by atoms with Crippen LogP contribution in [0.4, 0.5) is 0 Å². The molecule has 5 nitrogen and oxygen atoms in total. The van der Waals surface area contributed by atoms with Gasteiger partial charge in [-0.05, 0) is 6.42 Å². The lowest BCUT2D eigenvalue weighted by molar-refractivity contribution is 0.0866. The summed E-state index contributed by atoms with van der Waals surface area (Å²) in [6, 6.07) is 0. The standard InChI is InChI=1S/C12H19ClN2O3/c1-3-6-18-7-4-11(16)12-10(13)9-14-15(12)5-8-17-2/h9H,3-8H2,1-2H3. The summed E-state index contributed by atoms with van der Waals surface area (Å²) in [6.45, 7) is 4.12. The number of nitrogens with zero attached hydrogens (tertiary/aromatic N) is 2. The van der Waals surface area contributed by atoms with Crippen LogP contribution in [0.1, 0.15) is 30.3 Å². The third-order valence-corrected chi connectivity index (χ3v) is 2.66. The minimum Gasteiger partial charge on any atom is -0.383 e. The number of rotatable bonds is 9. The van der Waals surface area contributed by atoms with Gasteiger partial charge < -0.3 is 9.47 Å². The summed E-state index contributed by atoms with van der Waals surface area (Å²) in [4.78, 5) is 12.0. The van der Waals surface area contributed by atoms with Crippen molar-refractivity contribution in [3.63, 3.8) is 0 Å². The van der Waals surface area contributed by atoms with Gasteiger partial charge in [-0.15, -0.1) is 0 Å². The highest BCUT2D eigenvalue weighted by Gasteiger charge is 2.16. The summed E-state index contributed by atoms with van der Waals surface area (Å²) < 4.78 is 11.8. The summed E-state index contributed by atoms with van der Waals surface area (Å²) in [5.74, 6) is -0.0512. The predicted octanol–water partition coefficient (Wildman–Crippen LogP) is 2.18. The number of aromatic nitrogens is 2. The minimum absolute atomic E-state index is 0.0512. The first-order valence-electron chi connectivity index (χ1n) is 6.01. The Morgan fingerprint density at radius 1 is 1.44 bits per heavy atom. The maximum atomic E-state index is 12.0. The average molecular weight is 275 g/mol. The highest BCUT2D eigenvalue weighted by molar-refractivity contribution is 6.33. The molecule has 1 rings (SSSR count). The molecule has 0 amide bonds. The molecule has 0 aliphatic rings. The van der Waals surface area contributed by atoms with E-state index in [0.29, 0.717) is 43.5 Å². The quantitative estimate of drug-likeness (QED) is 0.512. The van der Waals surface area contributed by atoms with Crippen LogP contribution in [0.2, 0.25) is 5.02 Å². The average Bonchev–Trinajstić information content (AvgIpc) is 2.73. The van der Waals surface area contributed by atoms with Crippen LogP contribution >= 0.6 is 11.6 Å². The van der Waals surface area contributed by atoms with E-state index in [-0.39, 0.29) is 5.78 Å². The smallest absolute Gasteiger partial charge is 0.184 e. The normalized spacial score (nSPS) is 10.8. The molecular formula is C12H19ClN2O3. The Hall–Kier alpha value is -0.910. The zero-order valence-corrected chi connectivity index (χ0v) is 11.6. The fourth-order valence-electron chi connectivity index (χ4n) is 1.52. The van der Waals surface area contributed by atoms with Gasteiger partial charge in [0.25, 0.3) is 0 Å². The molecule has 0 saturated carbocycles. The van der Waals surface area contributed by atoms with Crippen molar-refractivity contribution in [1.29, 1.82) is 0 Å². The summed E-state index contributed by atoms with van der Waals surface area (Å²) in [5, 5.41) is 4.44. The molecule has 102 valence electrons. The van der Waals surface area contributed by atoms with Crippen molar-refractivity contribution in [3.8, 4) is 0 Å². The number of ketones is 1. The van der Waals surface area contributed by atoms with E-state index in [1.807, 2.05) is 6.92 Å². The van der Waals surface area contributed by atoms with Crippen LogP contribution < -0.4 is 0 Å². The fraction of sp³-hybridized carbons (Fsp3) is 0.667. The summed E-state index contributed by atoms with van der Waals surface area (Å²) in [5.41, 5.74) is 0.439. The van der Waals surface area contributed by atoms with Gasteiger partial charge >= 0.3 is 0 Å². The Morgan fingerprint density at radius 2 is 2.22 bits per heavy atom. The van der Waals surface area contributed by atoms with Crippen LogP contribution in [0.5, 0.6) is 0 Å². The number of carbonyl (C=O) groups is 1. The van der Waals surface area contributed by atoms with E-state index in [9.17, 15) is 4.79 Å². The van der Waals surface area contributed by atoms with Crippen molar-refractivity contribution in [2.24, 2.45) is 0 Å². The Labute approximate surface area is 112 Å². The van der Waals surface area contributed by atoms with Gasteiger partial charge in [-0.1, -0.05) is 18.5 Å². The minimum atomic E-state index is -0.0512. The predicted molar refractivity (Wildman–Crippen MR) is 69.2 cm³/mol. The van der Waals surface area contributed by atoms with Gasteiger partial charge in [0.05, 0.1) is 31.0 Å². The van der Waals surface area contributed by atoms with E-state index in [1.54, 1.807) is 11.8 Å². The van der Waals surface area contributed by atoms with Crippen LogP contribution in [0.3, 0.4) is 0 Å². The molecule has 0 N–H and O–H groups in total. The Bertz CT molecular complexity index is 379. The lowest BCUT2D eigenvalue weighted by Crippen LogP contribution is -2.15. The van der Waals surface area contributed by atoms with Gasteiger partial charge in [0.1, 0.15) is 5.69 Å². The molecule has 1 aromatic rings. The number of hydrogen-bond acceptors (Lipinski definition) is 4. The molecule has 0 bridgehead atoms. The monoisotopic (exact) mass is 274 g/mol. The highest BCUT2D eigenvalue weighted by atomic mass is 35.5. The lowest BCUT2D eigenvalue weighted by Gasteiger charge is -2.07. The summed E-state index contributed by atoms with van der Waals surface area (Å²) in [7, 11) is 1.60. The van der Waals surface area contributed by atoms with Crippen LogP contribution in [0.15, 0.2) is 6.20 Å². The number of carbonyl (C=O) groups excluding carboxylic acids is 1. The number of methoxy groups -OCH3 is 1. The van der Waals surface area contributed by atoms with Gasteiger partial charge in [-0.25, -0.2) is 0 Å². The van der Waals surface area contributed by atoms with Gasteiger partial charge in [0, 0.05) is 20.1 Å². The Morgan fingerprint density at radius 3 is 2.89 bits per heavy atom. The Balaban J connectivity index is 2.57. The third kappa shape index (κ3) is 4.40. The zero-order chi connectivity index (χ0) is 13.4. The molecule has 0 atom stereocenters. The second-order valence-electron chi connectivity index (χ2n) is 3.84. The molecule has 0 saturated heterocycles. The molecule has 1 heterocycles. The second kappa shape index (κ2) is 8.24. The van der Waals surface area contributed by atoms with Crippen molar-refractivity contribution in [2.75, 3.05) is 26.9 Å². The van der Waals surface area contributed by atoms with Crippen LogP contribution in [-0.4, -0.2) is 42.5 Å². The number of ether oxygens (including phenoxy) is 2. The Kier molecular flexibility index (Phi) is 6.93. The molecule has 0 unspecified atom stereocenters. The maximum absolute atomic E-state index is 12.0. The first-order valence-corrected chi connectivity index (χ1v) is 6.39. The number of hydrogen-bond donors (Lipinski definition) is 0. The van der Waals surface area contributed by atoms with Gasteiger partial charge in [0.2, 0.25) is 0 Å². The van der Waals surface area contributed by atoms with E-state index < -0.39 is 0 Å². The third-order valence-electron chi connectivity index (χ3n) is 2.39. The molecule has 0 radical (unpaired) electrons. The van der Waals surface area contributed by atoms with E-state index >= 15 is 0 Å². The molecule has 0 aliphatic heterocycles. The van der Waals surface area contributed by atoms with Crippen molar-refractivity contribution in [1.82, 2.24) is 9.78 Å². The summed E-state index contributed by atoms with van der Waals surface area (Å²) in [6.07, 6.45) is 2.75. The topological polar surface area (TPSA) is 53.3 Å². The SMILES string of the molecule is CCCOCCC(=O)c1c(Cl)cnn1CCOC. The number of halogens is 1. The summed E-state index contributed by atoms with van der Waals surface area (Å²) >= 11 is 5.97. The van der Waals surface area contributed by atoms with Gasteiger partial charge in [0.15, 0.2) is 5.78 Å². The molecular weight excluding hydrogens is 256 g/mol. The second-order valence-corrected chi connectivity index (χ2v) is 4.25. The van der Waals surface area contributed by atoms with Gasteiger partial charge in [-0.2, -0.15) is 5.10 Å². The number of Topliss-reactive ketones (excluding diaryl/α,β-unsaturated/α-hetero) is 1. The lowest BCUT2D eigenvalue weighted by atomic mass is 10.2. The molecule has 1 aromatic heterocycles.